The zero-order valence-corrected chi connectivity index (χ0v) is 9.63. The molecule has 4 rings (SSSR count). The molecule has 0 aromatic heterocycles. The summed E-state index contributed by atoms with van der Waals surface area (Å²) in [6.07, 6.45) is 2.32. The predicted octanol–water partition coefficient (Wildman–Crippen LogP) is 2.97. The van der Waals surface area contributed by atoms with Gasteiger partial charge in [0.2, 0.25) is 5.91 Å². The average Bonchev–Trinajstić information content (AvgIpc) is 2.63. The maximum Gasteiger partial charge on any atom is 0.236 e. The lowest BCUT2D eigenvalue weighted by molar-refractivity contribution is -0.116. The van der Waals surface area contributed by atoms with E-state index in [4.69, 9.17) is 0 Å². The van der Waals surface area contributed by atoms with Gasteiger partial charge < -0.3 is 0 Å². The highest BCUT2D eigenvalue weighted by molar-refractivity contribution is 6.14. The lowest BCUT2D eigenvalue weighted by Crippen LogP contribution is -2.21. The largest absolute Gasteiger partial charge is 0.278 e. The molecule has 0 fully saturated rings. The number of hydrogen-bond acceptors (Lipinski definition) is 2. The van der Waals surface area contributed by atoms with Gasteiger partial charge in [-0.25, -0.2) is 0 Å². The first-order valence-electron chi connectivity index (χ1n) is 5.92. The molecule has 0 atom stereocenters. The van der Waals surface area contributed by atoms with Gasteiger partial charge in [-0.15, -0.1) is 0 Å². The molecule has 2 aliphatic rings. The fourth-order valence-electron chi connectivity index (χ4n) is 2.65. The molecule has 2 aromatic carbocycles. The molecule has 0 saturated heterocycles. The molecule has 0 unspecified atom stereocenters. The number of anilines is 2. The van der Waals surface area contributed by atoms with E-state index in [1.165, 1.54) is 0 Å². The van der Waals surface area contributed by atoms with Crippen molar-refractivity contribution in [3.8, 4) is 0 Å². The SMILES string of the molecule is O=C1Cc2cccc3c2N1c1ccccc1N=C3. The standard InChI is InChI=1S/C15H10N2O/c18-14-8-10-4-3-5-11-9-16-12-6-1-2-7-13(12)17(14)15(10)11/h1-7,9H,8H2. The predicted molar refractivity (Wildman–Crippen MR) is 71.0 cm³/mol. The van der Waals surface area contributed by atoms with E-state index in [2.05, 4.69) is 4.99 Å². The smallest absolute Gasteiger partial charge is 0.236 e. The highest BCUT2D eigenvalue weighted by atomic mass is 16.2. The summed E-state index contributed by atoms with van der Waals surface area (Å²) >= 11 is 0. The Morgan fingerprint density at radius 1 is 1.06 bits per heavy atom. The van der Waals surface area contributed by atoms with Crippen LogP contribution in [0.15, 0.2) is 47.5 Å². The minimum absolute atomic E-state index is 0.121. The number of fused-ring (bicyclic) bond motifs is 2. The van der Waals surface area contributed by atoms with Crippen LogP contribution in [0.3, 0.4) is 0 Å². The van der Waals surface area contributed by atoms with Gasteiger partial charge in [0.1, 0.15) is 0 Å². The summed E-state index contributed by atoms with van der Waals surface area (Å²) in [7, 11) is 0. The number of carbonyl (C=O) groups is 1. The van der Waals surface area contributed by atoms with E-state index in [-0.39, 0.29) is 5.91 Å². The summed E-state index contributed by atoms with van der Waals surface area (Å²) in [4.78, 5) is 18.5. The van der Waals surface area contributed by atoms with Gasteiger partial charge in [0.25, 0.3) is 0 Å². The van der Waals surface area contributed by atoms with Crippen LogP contribution >= 0.6 is 0 Å². The zero-order valence-electron chi connectivity index (χ0n) is 9.63. The minimum atomic E-state index is 0.121. The number of aliphatic imine (C=N–C) groups is 1. The third-order valence-electron chi connectivity index (χ3n) is 3.43. The van der Waals surface area contributed by atoms with Crippen LogP contribution in [0.25, 0.3) is 0 Å². The van der Waals surface area contributed by atoms with Gasteiger partial charge in [-0.1, -0.05) is 30.3 Å². The van der Waals surface area contributed by atoms with Crippen molar-refractivity contribution in [2.45, 2.75) is 6.42 Å². The van der Waals surface area contributed by atoms with Gasteiger partial charge >= 0.3 is 0 Å². The molecule has 2 aliphatic heterocycles. The second kappa shape index (κ2) is 3.29. The molecule has 0 radical (unpaired) electrons. The lowest BCUT2D eigenvalue weighted by Gasteiger charge is -2.18. The van der Waals surface area contributed by atoms with Gasteiger partial charge in [0, 0.05) is 11.8 Å². The van der Waals surface area contributed by atoms with Crippen molar-refractivity contribution in [1.82, 2.24) is 0 Å². The fourth-order valence-corrected chi connectivity index (χ4v) is 2.65. The Morgan fingerprint density at radius 3 is 2.89 bits per heavy atom. The van der Waals surface area contributed by atoms with Crippen LogP contribution in [0.4, 0.5) is 17.1 Å². The summed E-state index contributed by atoms with van der Waals surface area (Å²) in [5.41, 5.74) is 4.81. The maximum atomic E-state index is 12.2. The number of para-hydroxylation sites is 3. The van der Waals surface area contributed by atoms with E-state index >= 15 is 0 Å². The van der Waals surface area contributed by atoms with Crippen molar-refractivity contribution in [3.05, 3.63) is 53.6 Å². The molecule has 0 bridgehead atoms. The Morgan fingerprint density at radius 2 is 1.94 bits per heavy atom. The zero-order chi connectivity index (χ0) is 12.1. The van der Waals surface area contributed by atoms with Crippen LogP contribution < -0.4 is 4.90 Å². The average molecular weight is 234 g/mol. The van der Waals surface area contributed by atoms with Crippen LogP contribution in [0.5, 0.6) is 0 Å². The quantitative estimate of drug-likeness (QED) is 0.689. The van der Waals surface area contributed by atoms with Gasteiger partial charge in [0.15, 0.2) is 0 Å². The van der Waals surface area contributed by atoms with E-state index in [1.807, 2.05) is 48.7 Å². The Labute approximate surface area is 104 Å². The van der Waals surface area contributed by atoms with Crippen LogP contribution in [0.1, 0.15) is 11.1 Å². The minimum Gasteiger partial charge on any atom is -0.278 e. The molecule has 0 N–H and O–H groups in total. The number of amides is 1. The van der Waals surface area contributed by atoms with Crippen LogP contribution in [-0.2, 0) is 11.2 Å². The maximum absolute atomic E-state index is 12.2. The van der Waals surface area contributed by atoms with E-state index in [9.17, 15) is 4.79 Å². The molecule has 0 aliphatic carbocycles. The monoisotopic (exact) mass is 234 g/mol. The number of carbonyl (C=O) groups excluding carboxylic acids is 1. The van der Waals surface area contributed by atoms with Crippen molar-refractivity contribution >= 4 is 29.2 Å². The number of benzene rings is 2. The van der Waals surface area contributed by atoms with Crippen molar-refractivity contribution in [1.29, 1.82) is 0 Å². The Bertz CT molecular complexity index is 703. The number of rotatable bonds is 0. The van der Waals surface area contributed by atoms with Gasteiger partial charge in [0.05, 0.1) is 23.5 Å². The van der Waals surface area contributed by atoms with Gasteiger partial charge in [-0.3, -0.25) is 14.7 Å². The van der Waals surface area contributed by atoms with Crippen molar-refractivity contribution < 1.29 is 4.79 Å². The number of nitrogens with zero attached hydrogens (tertiary/aromatic N) is 2. The third-order valence-corrected chi connectivity index (χ3v) is 3.43. The first kappa shape index (κ1) is 9.59. The second-order valence-corrected chi connectivity index (χ2v) is 4.51. The Balaban J connectivity index is 2.09. The first-order chi connectivity index (χ1) is 8.84. The molecule has 86 valence electrons. The van der Waals surface area contributed by atoms with Crippen molar-refractivity contribution in [2.24, 2.45) is 4.99 Å². The summed E-state index contributed by atoms with van der Waals surface area (Å²) in [6.45, 7) is 0. The Kier molecular flexibility index (Phi) is 1.75. The molecule has 3 nitrogen and oxygen atoms in total. The molecular formula is C15H10N2O. The number of hydrogen-bond donors (Lipinski definition) is 0. The normalized spacial score (nSPS) is 15.3. The third kappa shape index (κ3) is 1.13. The molecular weight excluding hydrogens is 224 g/mol. The molecule has 3 heteroatoms. The van der Waals surface area contributed by atoms with Crippen LogP contribution in [-0.4, -0.2) is 12.1 Å². The summed E-state index contributed by atoms with van der Waals surface area (Å²) in [6, 6.07) is 13.7. The van der Waals surface area contributed by atoms with Gasteiger partial charge in [-0.05, 0) is 17.7 Å². The van der Waals surface area contributed by atoms with Crippen LogP contribution in [0, 0.1) is 0 Å². The molecule has 2 aromatic rings. The highest BCUT2D eigenvalue weighted by Gasteiger charge is 2.32. The molecule has 18 heavy (non-hydrogen) atoms. The molecule has 1 amide bonds. The topological polar surface area (TPSA) is 32.7 Å². The summed E-state index contributed by atoms with van der Waals surface area (Å²) < 4.78 is 0. The summed E-state index contributed by atoms with van der Waals surface area (Å²) in [5.74, 6) is 0.121. The van der Waals surface area contributed by atoms with Gasteiger partial charge in [-0.2, -0.15) is 0 Å². The van der Waals surface area contributed by atoms with Crippen molar-refractivity contribution in [3.63, 3.8) is 0 Å². The van der Waals surface area contributed by atoms with E-state index in [1.54, 1.807) is 4.90 Å². The fraction of sp³-hybridized carbons (Fsp3) is 0.0667. The second-order valence-electron chi connectivity index (χ2n) is 4.51. The van der Waals surface area contributed by atoms with Crippen molar-refractivity contribution in [2.75, 3.05) is 4.90 Å². The van der Waals surface area contributed by atoms with E-state index < -0.39 is 0 Å². The lowest BCUT2D eigenvalue weighted by atomic mass is 10.1. The van der Waals surface area contributed by atoms with E-state index in [0.717, 1.165) is 28.2 Å². The molecule has 0 saturated carbocycles. The van der Waals surface area contributed by atoms with E-state index in [0.29, 0.717) is 6.42 Å². The first-order valence-corrected chi connectivity index (χ1v) is 5.92. The molecule has 0 spiro atoms. The summed E-state index contributed by atoms with van der Waals surface area (Å²) in [5, 5.41) is 0. The molecule has 2 heterocycles. The highest BCUT2D eigenvalue weighted by Crippen LogP contribution is 2.43. The van der Waals surface area contributed by atoms with Crippen LogP contribution in [0.2, 0.25) is 0 Å². The Hall–Kier alpha value is -2.42.